The Morgan fingerprint density at radius 1 is 1.27 bits per heavy atom. The second-order valence-electron chi connectivity index (χ2n) is 5.83. The van der Waals surface area contributed by atoms with Crippen LogP contribution in [-0.4, -0.2) is 16.1 Å². The predicted octanol–water partition coefficient (Wildman–Crippen LogP) is 4.53. The third-order valence-corrected chi connectivity index (χ3v) is 4.78. The van der Waals surface area contributed by atoms with Crippen molar-refractivity contribution in [2.45, 2.75) is 26.4 Å². The smallest absolute Gasteiger partial charge is 0.306 e. The molecule has 0 aliphatic rings. The lowest BCUT2D eigenvalue weighted by Gasteiger charge is -2.02. The maximum Gasteiger partial charge on any atom is 0.306 e. The van der Waals surface area contributed by atoms with Crippen molar-refractivity contribution in [1.82, 2.24) is 10.1 Å². The van der Waals surface area contributed by atoms with Gasteiger partial charge in [0.05, 0.1) is 6.42 Å². The van der Waals surface area contributed by atoms with Gasteiger partial charge in [0.15, 0.2) is 0 Å². The Morgan fingerprint density at radius 2 is 2.15 bits per heavy atom. The number of hydrogen-bond donors (Lipinski definition) is 0. The molecule has 0 fully saturated rings. The number of hydrogen-bond acceptors (Lipinski definition) is 7. The highest BCUT2D eigenvalue weighted by molar-refractivity contribution is 7.08. The van der Waals surface area contributed by atoms with Crippen molar-refractivity contribution in [3.8, 4) is 11.4 Å². The van der Waals surface area contributed by atoms with Gasteiger partial charge in [0.1, 0.15) is 18.0 Å². The van der Waals surface area contributed by atoms with Crippen molar-refractivity contribution in [1.29, 1.82) is 0 Å². The van der Waals surface area contributed by atoms with E-state index in [1.165, 1.54) is 0 Å². The number of thiophene rings is 1. The molecule has 0 bridgehead atoms. The van der Waals surface area contributed by atoms with Crippen LogP contribution in [0.15, 0.2) is 50.0 Å². The average Bonchev–Trinajstić information content (AvgIpc) is 3.39. The van der Waals surface area contributed by atoms with Crippen LogP contribution in [-0.2, 0) is 22.6 Å². The quantitative estimate of drug-likeness (QED) is 0.465. The molecule has 0 unspecified atom stereocenters. The summed E-state index contributed by atoms with van der Waals surface area (Å²) in [7, 11) is 0. The molecule has 0 amide bonds. The van der Waals surface area contributed by atoms with Crippen LogP contribution in [0.25, 0.3) is 22.4 Å². The highest BCUT2D eigenvalue weighted by Crippen LogP contribution is 2.25. The fourth-order valence-corrected chi connectivity index (χ4v) is 3.29. The minimum absolute atomic E-state index is 0.114. The zero-order valence-electron chi connectivity index (χ0n) is 14.1. The number of fused-ring (bicyclic) bond motifs is 1. The molecule has 7 heteroatoms. The lowest BCUT2D eigenvalue weighted by Crippen LogP contribution is -2.06. The zero-order chi connectivity index (χ0) is 17.9. The summed E-state index contributed by atoms with van der Waals surface area (Å²) < 4.78 is 16.2. The molecule has 0 saturated heterocycles. The van der Waals surface area contributed by atoms with Crippen LogP contribution in [0.1, 0.15) is 23.6 Å². The number of aryl methyl sites for hydroxylation is 2. The van der Waals surface area contributed by atoms with Crippen molar-refractivity contribution in [2.75, 3.05) is 0 Å². The minimum Gasteiger partial charge on any atom is -0.457 e. The molecule has 0 saturated carbocycles. The first-order valence-corrected chi connectivity index (χ1v) is 9.13. The Balaban J connectivity index is 1.32. The molecule has 3 heterocycles. The number of aromatic nitrogens is 2. The van der Waals surface area contributed by atoms with Gasteiger partial charge in [-0.1, -0.05) is 23.4 Å². The van der Waals surface area contributed by atoms with Crippen molar-refractivity contribution in [2.24, 2.45) is 0 Å². The van der Waals surface area contributed by atoms with E-state index in [2.05, 4.69) is 10.1 Å². The number of benzene rings is 1. The Hall–Kier alpha value is -2.93. The molecule has 0 aliphatic heterocycles. The topological polar surface area (TPSA) is 78.4 Å². The molecule has 0 aliphatic carbocycles. The molecule has 6 nitrogen and oxygen atoms in total. The van der Waals surface area contributed by atoms with E-state index in [1.807, 2.05) is 48.0 Å². The summed E-state index contributed by atoms with van der Waals surface area (Å²) in [4.78, 5) is 16.3. The van der Waals surface area contributed by atoms with E-state index >= 15 is 0 Å². The summed E-state index contributed by atoms with van der Waals surface area (Å²) in [6.45, 7) is 2.07. The van der Waals surface area contributed by atoms with Crippen molar-refractivity contribution < 1.29 is 18.5 Å². The molecule has 4 rings (SSSR count). The predicted molar refractivity (Wildman–Crippen MR) is 96.7 cm³/mol. The number of rotatable bonds is 6. The normalized spacial score (nSPS) is 11.1. The molecule has 26 heavy (non-hydrogen) atoms. The Bertz CT molecular complexity index is 1030. The van der Waals surface area contributed by atoms with Gasteiger partial charge in [-0.3, -0.25) is 4.79 Å². The number of carbonyl (C=O) groups excluding carboxylic acids is 1. The van der Waals surface area contributed by atoms with Gasteiger partial charge in [0.25, 0.3) is 0 Å². The number of carbonyl (C=O) groups is 1. The van der Waals surface area contributed by atoms with Gasteiger partial charge >= 0.3 is 5.97 Å². The summed E-state index contributed by atoms with van der Waals surface area (Å²) in [5.74, 6) is 1.29. The summed E-state index contributed by atoms with van der Waals surface area (Å²) in [5, 5.41) is 8.84. The van der Waals surface area contributed by atoms with E-state index < -0.39 is 0 Å². The highest BCUT2D eigenvalue weighted by Gasteiger charge is 2.14. The SMILES string of the molecule is Cc1c(COC(=O)CCc2nc(-c3ccsc3)no2)oc2ccccc12. The lowest BCUT2D eigenvalue weighted by molar-refractivity contribution is -0.145. The van der Waals surface area contributed by atoms with E-state index in [4.69, 9.17) is 13.7 Å². The van der Waals surface area contributed by atoms with Gasteiger partial charge in [-0.2, -0.15) is 16.3 Å². The zero-order valence-corrected chi connectivity index (χ0v) is 14.9. The van der Waals surface area contributed by atoms with E-state index in [9.17, 15) is 4.79 Å². The fraction of sp³-hybridized carbons (Fsp3) is 0.211. The molecular formula is C19H16N2O4S. The van der Waals surface area contributed by atoms with Crippen LogP contribution >= 0.6 is 11.3 Å². The second kappa shape index (κ2) is 7.13. The first kappa shape index (κ1) is 16.5. The summed E-state index contributed by atoms with van der Waals surface area (Å²) >= 11 is 1.56. The summed E-state index contributed by atoms with van der Waals surface area (Å²) in [5.41, 5.74) is 2.70. The molecular weight excluding hydrogens is 352 g/mol. The van der Waals surface area contributed by atoms with E-state index in [0.717, 1.165) is 22.1 Å². The van der Waals surface area contributed by atoms with E-state index in [-0.39, 0.29) is 19.0 Å². The molecule has 0 spiro atoms. The van der Waals surface area contributed by atoms with Crippen LogP contribution in [0.4, 0.5) is 0 Å². The molecule has 1 aromatic carbocycles. The van der Waals surface area contributed by atoms with E-state index in [0.29, 0.717) is 23.9 Å². The lowest BCUT2D eigenvalue weighted by atomic mass is 10.1. The maximum absolute atomic E-state index is 12.0. The van der Waals surface area contributed by atoms with Crippen molar-refractivity contribution >= 4 is 28.3 Å². The average molecular weight is 368 g/mol. The highest BCUT2D eigenvalue weighted by atomic mass is 32.1. The van der Waals surface area contributed by atoms with Crippen LogP contribution < -0.4 is 0 Å². The van der Waals surface area contributed by atoms with Gasteiger partial charge in [-0.15, -0.1) is 0 Å². The summed E-state index contributed by atoms with van der Waals surface area (Å²) in [6, 6.07) is 9.67. The maximum atomic E-state index is 12.0. The first-order valence-electron chi connectivity index (χ1n) is 8.18. The standard InChI is InChI=1S/C19H16N2O4S/c1-12-14-4-2-3-5-15(14)24-16(12)10-23-18(22)7-6-17-20-19(21-25-17)13-8-9-26-11-13/h2-5,8-9,11H,6-7,10H2,1H3. The van der Waals surface area contributed by atoms with Gasteiger partial charge in [-0.25, -0.2) is 0 Å². The number of furan rings is 1. The number of nitrogens with zero attached hydrogens (tertiary/aromatic N) is 2. The molecule has 0 N–H and O–H groups in total. The van der Waals surface area contributed by atoms with Crippen LogP contribution in [0.5, 0.6) is 0 Å². The van der Waals surface area contributed by atoms with Crippen LogP contribution in [0.3, 0.4) is 0 Å². The van der Waals surface area contributed by atoms with Crippen LogP contribution in [0, 0.1) is 6.92 Å². The Morgan fingerprint density at radius 3 is 2.96 bits per heavy atom. The monoisotopic (exact) mass is 368 g/mol. The Labute approximate surface area is 153 Å². The summed E-state index contributed by atoms with van der Waals surface area (Å²) in [6.07, 6.45) is 0.514. The van der Waals surface area contributed by atoms with Crippen LogP contribution in [0.2, 0.25) is 0 Å². The fourth-order valence-electron chi connectivity index (χ4n) is 2.66. The third kappa shape index (κ3) is 3.39. The first-order chi connectivity index (χ1) is 12.7. The van der Waals surface area contributed by atoms with E-state index in [1.54, 1.807) is 11.3 Å². The molecule has 132 valence electrons. The van der Waals surface area contributed by atoms with Gasteiger partial charge in [0, 0.05) is 28.3 Å². The number of para-hydroxylation sites is 1. The minimum atomic E-state index is -0.333. The van der Waals surface area contributed by atoms with Gasteiger partial charge < -0.3 is 13.7 Å². The molecule has 3 aromatic heterocycles. The van der Waals surface area contributed by atoms with Gasteiger partial charge in [-0.05, 0) is 24.4 Å². The van der Waals surface area contributed by atoms with Gasteiger partial charge in [0.2, 0.25) is 11.7 Å². The second-order valence-corrected chi connectivity index (χ2v) is 6.61. The van der Waals surface area contributed by atoms with Crippen molar-refractivity contribution in [3.05, 3.63) is 58.3 Å². The Kier molecular flexibility index (Phi) is 4.53. The molecule has 0 atom stereocenters. The van der Waals surface area contributed by atoms with Crippen molar-refractivity contribution in [3.63, 3.8) is 0 Å². The molecule has 0 radical (unpaired) electrons. The largest absolute Gasteiger partial charge is 0.457 e. The third-order valence-electron chi connectivity index (χ3n) is 4.10. The number of esters is 1. The molecule has 4 aromatic rings. The number of ether oxygens (including phenoxy) is 1.